The lowest BCUT2D eigenvalue weighted by Crippen LogP contribution is -2.50. The molecule has 1 aliphatic rings. The average Bonchev–Trinajstić information content (AvgIpc) is 2.40. The number of rotatable bonds is 2. The van der Waals surface area contributed by atoms with Crippen LogP contribution in [0.1, 0.15) is 10.4 Å². The quantitative estimate of drug-likeness (QED) is 0.862. The van der Waals surface area contributed by atoms with Gasteiger partial charge in [-0.1, -0.05) is 11.6 Å². The minimum atomic E-state index is -3.36. The van der Waals surface area contributed by atoms with Crippen molar-refractivity contribution in [3.05, 3.63) is 22.8 Å². The van der Waals surface area contributed by atoms with Crippen LogP contribution in [0.25, 0.3) is 0 Å². The number of nitrogen functional groups attached to an aromatic ring is 1. The van der Waals surface area contributed by atoms with E-state index in [0.29, 0.717) is 18.1 Å². The number of carbonyl (C=O) groups excluding carboxylic acids is 1. The molecule has 2 rings (SSSR count). The summed E-state index contributed by atoms with van der Waals surface area (Å²) in [6.07, 6.45) is 2.42. The molecule has 0 saturated carbocycles. The van der Waals surface area contributed by atoms with Crippen molar-refractivity contribution in [1.29, 1.82) is 0 Å². The van der Waals surface area contributed by atoms with E-state index in [0.717, 1.165) is 6.26 Å². The van der Waals surface area contributed by atoms with E-state index in [9.17, 15) is 13.2 Å². The molecular formula is C11H14ClN3O3S2. The normalized spacial score (nSPS) is 19.9. The average molecular weight is 336 g/mol. The van der Waals surface area contributed by atoms with Crippen LogP contribution >= 0.6 is 23.4 Å². The van der Waals surface area contributed by atoms with Gasteiger partial charge >= 0.3 is 0 Å². The van der Waals surface area contributed by atoms with Crippen LogP contribution < -0.4 is 5.73 Å². The summed E-state index contributed by atoms with van der Waals surface area (Å²) in [5.41, 5.74) is 5.73. The number of halogens is 1. The van der Waals surface area contributed by atoms with Crippen LogP contribution in [0.15, 0.2) is 12.3 Å². The largest absolute Gasteiger partial charge is 0.384 e. The number of aromatic nitrogens is 1. The Labute approximate surface area is 126 Å². The van der Waals surface area contributed by atoms with E-state index in [2.05, 4.69) is 4.98 Å². The van der Waals surface area contributed by atoms with Gasteiger partial charge in [0.2, 0.25) is 0 Å². The van der Waals surface area contributed by atoms with Crippen molar-refractivity contribution in [2.45, 2.75) is 5.37 Å². The van der Waals surface area contributed by atoms with Crippen molar-refractivity contribution in [1.82, 2.24) is 9.88 Å². The van der Waals surface area contributed by atoms with Crippen molar-refractivity contribution < 1.29 is 13.2 Å². The van der Waals surface area contributed by atoms with Gasteiger partial charge in [0.15, 0.2) is 9.84 Å². The van der Waals surface area contributed by atoms with Crippen LogP contribution in [0.2, 0.25) is 5.02 Å². The predicted molar refractivity (Wildman–Crippen MR) is 80.7 cm³/mol. The number of hydrogen-bond donors (Lipinski definition) is 1. The smallest absolute Gasteiger partial charge is 0.256 e. The summed E-state index contributed by atoms with van der Waals surface area (Å²) < 4.78 is 23.6. The Morgan fingerprint density at radius 3 is 2.95 bits per heavy atom. The van der Waals surface area contributed by atoms with Crippen LogP contribution in [-0.2, 0) is 9.84 Å². The second-order valence-electron chi connectivity index (χ2n) is 4.45. The molecule has 110 valence electrons. The topological polar surface area (TPSA) is 93.4 Å². The molecule has 1 fully saturated rings. The molecule has 1 saturated heterocycles. The molecule has 1 aromatic rings. The predicted octanol–water partition coefficient (Wildman–Crippen LogP) is 0.877. The van der Waals surface area contributed by atoms with E-state index < -0.39 is 21.1 Å². The van der Waals surface area contributed by atoms with E-state index in [1.807, 2.05) is 0 Å². The maximum absolute atomic E-state index is 12.5. The Balaban J connectivity index is 2.37. The summed E-state index contributed by atoms with van der Waals surface area (Å²) in [5.74, 6) is 0.790. The fourth-order valence-corrected chi connectivity index (χ4v) is 4.94. The third-order valence-corrected chi connectivity index (χ3v) is 5.89. The highest BCUT2D eigenvalue weighted by atomic mass is 35.5. The number of nitrogens with two attached hydrogens (primary N) is 1. The Morgan fingerprint density at radius 1 is 1.60 bits per heavy atom. The molecule has 0 spiro atoms. The van der Waals surface area contributed by atoms with Crippen molar-refractivity contribution in [3.63, 3.8) is 0 Å². The van der Waals surface area contributed by atoms with E-state index >= 15 is 0 Å². The molecule has 6 nitrogen and oxygen atoms in total. The molecule has 0 bridgehead atoms. The molecule has 2 heterocycles. The van der Waals surface area contributed by atoms with E-state index in [1.165, 1.54) is 28.9 Å². The number of pyridine rings is 1. The van der Waals surface area contributed by atoms with Crippen molar-refractivity contribution >= 4 is 44.9 Å². The van der Waals surface area contributed by atoms with Gasteiger partial charge in [0.05, 0.1) is 10.6 Å². The van der Waals surface area contributed by atoms with Gasteiger partial charge < -0.3 is 10.6 Å². The maximum atomic E-state index is 12.5. The fraction of sp³-hybridized carbons (Fsp3) is 0.455. The van der Waals surface area contributed by atoms with E-state index in [4.69, 9.17) is 17.3 Å². The lowest BCUT2D eigenvalue weighted by atomic mass is 10.2. The van der Waals surface area contributed by atoms with Gasteiger partial charge in [-0.25, -0.2) is 13.4 Å². The Hall–Kier alpha value is -0.990. The Kier molecular flexibility index (Phi) is 4.46. The first-order valence-electron chi connectivity index (χ1n) is 5.79. The molecule has 1 aromatic heterocycles. The molecule has 9 heteroatoms. The SMILES string of the molecule is CS(=O)(=O)C1CSCCN1C(=O)c1cc(N)ncc1Cl. The summed E-state index contributed by atoms with van der Waals surface area (Å²) in [5, 5.41) is -0.672. The number of sulfone groups is 1. The monoisotopic (exact) mass is 335 g/mol. The summed E-state index contributed by atoms with van der Waals surface area (Å²) in [7, 11) is -3.36. The number of nitrogens with zero attached hydrogens (tertiary/aromatic N) is 2. The van der Waals surface area contributed by atoms with Gasteiger partial charge in [-0.15, -0.1) is 0 Å². The van der Waals surface area contributed by atoms with Crippen LogP contribution in [0.5, 0.6) is 0 Å². The molecule has 1 unspecified atom stereocenters. The molecule has 1 atom stereocenters. The molecule has 0 aromatic carbocycles. The Morgan fingerprint density at radius 2 is 2.30 bits per heavy atom. The highest BCUT2D eigenvalue weighted by Gasteiger charge is 2.35. The summed E-state index contributed by atoms with van der Waals surface area (Å²) in [6, 6.07) is 1.37. The minimum absolute atomic E-state index is 0.162. The lowest BCUT2D eigenvalue weighted by molar-refractivity contribution is 0.0750. The van der Waals surface area contributed by atoms with Crippen LogP contribution in [0, 0.1) is 0 Å². The second-order valence-corrected chi connectivity index (χ2v) is 8.21. The van der Waals surface area contributed by atoms with Crippen LogP contribution in [-0.4, -0.2) is 53.9 Å². The maximum Gasteiger partial charge on any atom is 0.256 e. The summed E-state index contributed by atoms with van der Waals surface area (Å²) in [4.78, 5) is 17.6. The molecule has 0 radical (unpaired) electrons. The van der Waals surface area contributed by atoms with Gasteiger partial charge in [0, 0.05) is 30.5 Å². The molecule has 1 aliphatic heterocycles. The van der Waals surface area contributed by atoms with Gasteiger partial charge in [-0.3, -0.25) is 4.79 Å². The summed E-state index contributed by atoms with van der Waals surface area (Å²) >= 11 is 7.46. The Bertz CT molecular complexity index is 636. The molecule has 1 amide bonds. The molecule has 20 heavy (non-hydrogen) atoms. The number of amides is 1. The third-order valence-electron chi connectivity index (χ3n) is 2.95. The molecule has 2 N–H and O–H groups in total. The standard InChI is InChI=1S/C11H14ClN3O3S2/c1-20(17,18)10-6-19-3-2-15(10)11(16)7-4-9(13)14-5-8(7)12/h4-5,10H,2-3,6H2,1H3,(H2,13,14). The second kappa shape index (κ2) is 5.79. The van der Waals surface area contributed by atoms with E-state index in [-0.39, 0.29) is 16.4 Å². The van der Waals surface area contributed by atoms with Gasteiger partial charge in [-0.2, -0.15) is 11.8 Å². The van der Waals surface area contributed by atoms with Gasteiger partial charge in [0.25, 0.3) is 5.91 Å². The molecule has 0 aliphatic carbocycles. The fourth-order valence-electron chi connectivity index (χ4n) is 1.94. The minimum Gasteiger partial charge on any atom is -0.384 e. The number of anilines is 1. The van der Waals surface area contributed by atoms with Crippen molar-refractivity contribution in [2.24, 2.45) is 0 Å². The zero-order valence-electron chi connectivity index (χ0n) is 10.7. The highest BCUT2D eigenvalue weighted by Crippen LogP contribution is 2.25. The zero-order valence-corrected chi connectivity index (χ0v) is 13.1. The lowest BCUT2D eigenvalue weighted by Gasteiger charge is -2.34. The first-order chi connectivity index (χ1) is 9.30. The molecular weight excluding hydrogens is 322 g/mol. The van der Waals surface area contributed by atoms with Crippen LogP contribution in [0.3, 0.4) is 0 Å². The van der Waals surface area contributed by atoms with Crippen LogP contribution in [0.4, 0.5) is 5.82 Å². The van der Waals surface area contributed by atoms with Gasteiger partial charge in [0.1, 0.15) is 11.2 Å². The van der Waals surface area contributed by atoms with E-state index in [1.54, 1.807) is 0 Å². The first kappa shape index (κ1) is 15.4. The van der Waals surface area contributed by atoms with Crippen molar-refractivity contribution in [2.75, 3.05) is 30.0 Å². The first-order valence-corrected chi connectivity index (χ1v) is 9.28. The third kappa shape index (κ3) is 3.18. The van der Waals surface area contributed by atoms with Crippen molar-refractivity contribution in [3.8, 4) is 0 Å². The highest BCUT2D eigenvalue weighted by molar-refractivity contribution is 8.00. The number of hydrogen-bond acceptors (Lipinski definition) is 6. The number of thioether (sulfide) groups is 1. The number of carbonyl (C=O) groups is 1. The zero-order chi connectivity index (χ0) is 14.9. The van der Waals surface area contributed by atoms with Gasteiger partial charge in [-0.05, 0) is 6.07 Å². The summed E-state index contributed by atoms with van der Waals surface area (Å²) in [6.45, 7) is 0.361.